The van der Waals surface area contributed by atoms with Crippen LogP contribution in [0, 0.1) is 0 Å². The fraction of sp³-hybridized carbons (Fsp3) is 0.367. The van der Waals surface area contributed by atoms with Crippen molar-refractivity contribution in [2.45, 2.75) is 53.0 Å². The summed E-state index contributed by atoms with van der Waals surface area (Å²) in [4.78, 5) is 41.2. The van der Waals surface area contributed by atoms with Gasteiger partial charge in [0, 0.05) is 31.9 Å². The first-order chi connectivity index (χ1) is 19.1. The maximum Gasteiger partial charge on any atom is 0.338 e. The molecule has 5 rings (SSSR count). The Balaban J connectivity index is 1.70. The van der Waals surface area contributed by atoms with Gasteiger partial charge in [-0.2, -0.15) is 0 Å². The summed E-state index contributed by atoms with van der Waals surface area (Å²) in [6.07, 6.45) is 3.08. The van der Waals surface area contributed by atoms with Gasteiger partial charge >= 0.3 is 5.97 Å². The number of carbonyl (C=O) groups excluding carboxylic acids is 1. The van der Waals surface area contributed by atoms with Crippen LogP contribution in [0.3, 0.4) is 0 Å². The molecule has 3 heterocycles. The van der Waals surface area contributed by atoms with Crippen LogP contribution in [0.25, 0.3) is 38.9 Å². The van der Waals surface area contributed by atoms with E-state index in [1.165, 1.54) is 0 Å². The van der Waals surface area contributed by atoms with Gasteiger partial charge < -0.3 is 9.47 Å². The van der Waals surface area contributed by atoms with E-state index in [9.17, 15) is 9.59 Å². The number of carbonyl (C=O) groups is 1. The molecule has 0 aliphatic rings. The van der Waals surface area contributed by atoms with Crippen LogP contribution in [0.5, 0.6) is 0 Å². The molecule has 39 heavy (non-hydrogen) atoms. The quantitative estimate of drug-likeness (QED) is 0.171. The number of nitrogens with zero attached hydrogens (tertiary/aromatic N) is 5. The predicted octanol–water partition coefficient (Wildman–Crippen LogP) is 5.23. The Bertz CT molecular complexity index is 1690. The molecule has 3 aromatic heterocycles. The molecule has 2 aromatic carbocycles. The van der Waals surface area contributed by atoms with E-state index in [1.54, 1.807) is 16.7 Å². The van der Waals surface area contributed by atoms with Gasteiger partial charge in [0.1, 0.15) is 16.7 Å². The summed E-state index contributed by atoms with van der Waals surface area (Å²) in [6.45, 7) is 8.11. The number of benzene rings is 2. The SMILES string of the molecule is CCCCOC(=O)c1ccc(-n2c3nc4ccccc4nc3c3c(=O)n(CCCOCC)c(CC)nc32)cc1. The largest absolute Gasteiger partial charge is 0.462 e. The molecule has 0 unspecified atom stereocenters. The van der Waals surface area contributed by atoms with Gasteiger partial charge in [-0.05, 0) is 56.2 Å². The zero-order chi connectivity index (χ0) is 27.4. The molecule has 0 atom stereocenters. The van der Waals surface area contributed by atoms with E-state index in [0.717, 1.165) is 24.0 Å². The van der Waals surface area contributed by atoms with Crippen molar-refractivity contribution in [2.75, 3.05) is 19.8 Å². The monoisotopic (exact) mass is 527 g/mol. The number of esters is 1. The summed E-state index contributed by atoms with van der Waals surface area (Å²) in [5, 5.41) is 0.430. The number of hydrogen-bond acceptors (Lipinski definition) is 7. The number of fused-ring (bicyclic) bond motifs is 4. The summed E-state index contributed by atoms with van der Waals surface area (Å²) in [7, 11) is 0. The Morgan fingerprint density at radius 2 is 1.62 bits per heavy atom. The first-order valence-electron chi connectivity index (χ1n) is 13.6. The lowest BCUT2D eigenvalue weighted by atomic mass is 10.2. The fourth-order valence-corrected chi connectivity index (χ4v) is 4.72. The van der Waals surface area contributed by atoms with Crippen molar-refractivity contribution in [1.29, 1.82) is 0 Å². The van der Waals surface area contributed by atoms with Crippen LogP contribution < -0.4 is 5.56 Å². The minimum Gasteiger partial charge on any atom is -0.462 e. The number of rotatable bonds is 11. The van der Waals surface area contributed by atoms with Crippen LogP contribution >= 0.6 is 0 Å². The van der Waals surface area contributed by atoms with E-state index in [4.69, 9.17) is 24.4 Å². The minimum absolute atomic E-state index is 0.141. The lowest BCUT2D eigenvalue weighted by molar-refractivity contribution is 0.0499. The highest BCUT2D eigenvalue weighted by Crippen LogP contribution is 2.29. The van der Waals surface area contributed by atoms with Gasteiger partial charge in [0.2, 0.25) is 0 Å². The van der Waals surface area contributed by atoms with E-state index in [0.29, 0.717) is 78.3 Å². The number of para-hydroxylation sites is 2. The van der Waals surface area contributed by atoms with E-state index in [2.05, 4.69) is 0 Å². The van der Waals surface area contributed by atoms with Crippen molar-refractivity contribution in [3.05, 3.63) is 70.3 Å². The highest BCUT2D eigenvalue weighted by atomic mass is 16.5. The molecule has 0 radical (unpaired) electrons. The van der Waals surface area contributed by atoms with Gasteiger partial charge in [-0.3, -0.25) is 13.9 Å². The second-order valence-corrected chi connectivity index (χ2v) is 9.34. The van der Waals surface area contributed by atoms with E-state index >= 15 is 0 Å². The van der Waals surface area contributed by atoms with E-state index in [-0.39, 0.29) is 11.5 Å². The smallest absolute Gasteiger partial charge is 0.338 e. The first-order valence-corrected chi connectivity index (χ1v) is 13.6. The molecule has 0 spiro atoms. The summed E-state index contributed by atoms with van der Waals surface area (Å²) >= 11 is 0. The van der Waals surface area contributed by atoms with Crippen LogP contribution in [-0.4, -0.2) is 49.9 Å². The average Bonchev–Trinajstić information content (AvgIpc) is 3.28. The Hall–Kier alpha value is -4.11. The molecular formula is C30H33N5O4. The topological polar surface area (TPSA) is 101 Å². The van der Waals surface area contributed by atoms with Crippen molar-refractivity contribution in [2.24, 2.45) is 0 Å². The third-order valence-corrected chi connectivity index (χ3v) is 6.72. The van der Waals surface area contributed by atoms with Gasteiger partial charge in [0.25, 0.3) is 5.56 Å². The molecule has 0 aliphatic heterocycles. The molecule has 9 nitrogen and oxygen atoms in total. The number of unbranched alkanes of at least 4 members (excludes halogenated alkanes) is 1. The molecule has 0 amide bonds. The molecule has 5 aromatic rings. The van der Waals surface area contributed by atoms with Gasteiger partial charge in [-0.15, -0.1) is 0 Å². The van der Waals surface area contributed by atoms with Crippen LogP contribution in [-0.2, 0) is 22.4 Å². The molecular weight excluding hydrogens is 494 g/mol. The highest BCUT2D eigenvalue weighted by Gasteiger charge is 2.23. The second-order valence-electron chi connectivity index (χ2n) is 9.34. The van der Waals surface area contributed by atoms with Gasteiger partial charge in [-0.25, -0.2) is 19.7 Å². The van der Waals surface area contributed by atoms with Crippen LogP contribution in [0.1, 0.15) is 56.2 Å². The minimum atomic E-state index is -0.357. The maximum absolute atomic E-state index is 14.0. The zero-order valence-electron chi connectivity index (χ0n) is 22.6. The molecule has 9 heteroatoms. The second kappa shape index (κ2) is 11.7. The Morgan fingerprint density at radius 3 is 2.31 bits per heavy atom. The first kappa shape index (κ1) is 26.5. The Kier molecular flexibility index (Phi) is 7.97. The summed E-state index contributed by atoms with van der Waals surface area (Å²) in [5.41, 5.74) is 4.03. The fourth-order valence-electron chi connectivity index (χ4n) is 4.72. The zero-order valence-corrected chi connectivity index (χ0v) is 22.6. The van der Waals surface area contributed by atoms with Crippen molar-refractivity contribution in [3.63, 3.8) is 0 Å². The molecule has 0 bridgehead atoms. The van der Waals surface area contributed by atoms with Crippen molar-refractivity contribution in [3.8, 4) is 5.69 Å². The third-order valence-electron chi connectivity index (χ3n) is 6.72. The molecule has 0 aliphatic carbocycles. The van der Waals surface area contributed by atoms with Crippen LogP contribution in [0.15, 0.2) is 53.3 Å². The summed E-state index contributed by atoms with van der Waals surface area (Å²) in [5.74, 6) is 0.332. The van der Waals surface area contributed by atoms with Crippen molar-refractivity contribution < 1.29 is 14.3 Å². The maximum atomic E-state index is 14.0. The molecule has 0 saturated heterocycles. The summed E-state index contributed by atoms with van der Waals surface area (Å²) < 4.78 is 14.5. The number of aryl methyl sites for hydroxylation is 1. The summed E-state index contributed by atoms with van der Waals surface area (Å²) in [6, 6.07) is 14.7. The predicted molar refractivity (Wildman–Crippen MR) is 152 cm³/mol. The number of ether oxygens (including phenoxy) is 2. The lowest BCUT2D eigenvalue weighted by Crippen LogP contribution is -2.26. The van der Waals surface area contributed by atoms with Crippen LogP contribution in [0.2, 0.25) is 0 Å². The highest BCUT2D eigenvalue weighted by molar-refractivity contribution is 6.06. The molecule has 202 valence electrons. The molecule has 0 fully saturated rings. The standard InChI is InChI=1S/C30H33N5O4/c1-4-7-19-39-30(37)20-13-15-21(16-14-20)35-27-25(26-28(35)32-23-12-9-8-11-22(23)31-26)29(36)34(24(5-2)33-27)17-10-18-38-6-3/h8-9,11-16H,4-7,10,17-19H2,1-3H3. The van der Waals surface area contributed by atoms with Crippen LogP contribution in [0.4, 0.5) is 0 Å². The third kappa shape index (κ3) is 5.14. The van der Waals surface area contributed by atoms with Gasteiger partial charge in [0.15, 0.2) is 11.3 Å². The average molecular weight is 528 g/mol. The normalized spacial score (nSPS) is 11.6. The lowest BCUT2D eigenvalue weighted by Gasteiger charge is -2.12. The number of aromatic nitrogens is 5. The molecule has 0 saturated carbocycles. The Labute approximate surface area is 226 Å². The van der Waals surface area contributed by atoms with E-state index < -0.39 is 0 Å². The van der Waals surface area contributed by atoms with Crippen molar-refractivity contribution in [1.82, 2.24) is 24.1 Å². The van der Waals surface area contributed by atoms with Crippen molar-refractivity contribution >= 4 is 39.2 Å². The van der Waals surface area contributed by atoms with Gasteiger partial charge in [-0.1, -0.05) is 32.4 Å². The number of hydrogen-bond donors (Lipinski definition) is 0. The van der Waals surface area contributed by atoms with E-state index in [1.807, 2.05) is 61.7 Å². The molecule has 0 N–H and O–H groups in total. The Morgan fingerprint density at radius 1 is 0.872 bits per heavy atom. The van der Waals surface area contributed by atoms with Gasteiger partial charge in [0.05, 0.1) is 23.2 Å².